The van der Waals surface area contributed by atoms with Crippen LogP contribution in [0.15, 0.2) is 0 Å². The van der Waals surface area contributed by atoms with Crippen molar-refractivity contribution in [1.82, 2.24) is 15.1 Å². The van der Waals surface area contributed by atoms with E-state index in [1.807, 2.05) is 0 Å². The van der Waals surface area contributed by atoms with Gasteiger partial charge in [-0.3, -0.25) is 9.80 Å². The van der Waals surface area contributed by atoms with Gasteiger partial charge in [0, 0.05) is 57.6 Å². The largest absolute Gasteiger partial charge is 0.314 e. The van der Waals surface area contributed by atoms with Crippen LogP contribution in [-0.2, 0) is 9.84 Å². The summed E-state index contributed by atoms with van der Waals surface area (Å²) in [6, 6.07) is 0.719. The highest BCUT2D eigenvalue weighted by Gasteiger charge is 2.27. The molecular weight excluding hydrogens is 238 g/mol. The zero-order valence-electron chi connectivity index (χ0n) is 10.6. The van der Waals surface area contributed by atoms with E-state index in [4.69, 9.17) is 0 Å². The van der Waals surface area contributed by atoms with Crippen molar-refractivity contribution in [1.29, 1.82) is 0 Å². The lowest BCUT2D eigenvalue weighted by Crippen LogP contribution is -2.61. The Balaban J connectivity index is 1.68. The van der Waals surface area contributed by atoms with Gasteiger partial charge >= 0.3 is 0 Å². The number of rotatable bonds is 5. The summed E-state index contributed by atoms with van der Waals surface area (Å²) >= 11 is 0. The predicted molar refractivity (Wildman–Crippen MR) is 69.0 cm³/mol. The number of nitrogens with zero attached hydrogens (tertiary/aromatic N) is 2. The lowest BCUT2D eigenvalue weighted by molar-refractivity contribution is 0.0757. The minimum atomic E-state index is -2.81. The predicted octanol–water partition coefficient (Wildman–Crippen LogP) is -0.989. The molecule has 0 spiro atoms. The lowest BCUT2D eigenvalue weighted by Gasteiger charge is -2.43. The van der Waals surface area contributed by atoms with Crippen LogP contribution >= 0.6 is 0 Å². The maximum Gasteiger partial charge on any atom is 0.151 e. The highest BCUT2D eigenvalue weighted by atomic mass is 32.2. The Kier molecular flexibility index (Phi) is 4.41. The molecule has 1 N–H and O–H groups in total. The van der Waals surface area contributed by atoms with Gasteiger partial charge in [-0.15, -0.1) is 0 Å². The Bertz CT molecular complexity index is 333. The van der Waals surface area contributed by atoms with Gasteiger partial charge in [-0.1, -0.05) is 6.92 Å². The third kappa shape index (κ3) is 3.64. The second-order valence-corrected chi connectivity index (χ2v) is 7.40. The van der Waals surface area contributed by atoms with E-state index in [-0.39, 0.29) is 5.75 Å². The molecule has 2 heterocycles. The van der Waals surface area contributed by atoms with Crippen LogP contribution in [0.4, 0.5) is 0 Å². The summed E-state index contributed by atoms with van der Waals surface area (Å²) in [6.07, 6.45) is 0. The summed E-state index contributed by atoms with van der Waals surface area (Å²) in [5.41, 5.74) is 0. The molecule has 17 heavy (non-hydrogen) atoms. The van der Waals surface area contributed by atoms with Crippen molar-refractivity contribution in [3.8, 4) is 0 Å². The molecule has 0 radical (unpaired) electrons. The molecule has 100 valence electrons. The first-order valence-electron chi connectivity index (χ1n) is 6.48. The van der Waals surface area contributed by atoms with Crippen LogP contribution in [-0.4, -0.2) is 81.6 Å². The second-order valence-electron chi connectivity index (χ2n) is 4.93. The van der Waals surface area contributed by atoms with Crippen LogP contribution in [0.25, 0.3) is 0 Å². The van der Waals surface area contributed by atoms with Gasteiger partial charge in [0.25, 0.3) is 0 Å². The fourth-order valence-corrected chi connectivity index (χ4v) is 3.12. The number of hydrogen-bond acceptors (Lipinski definition) is 5. The molecule has 2 aliphatic heterocycles. The molecular formula is C11H23N3O2S. The van der Waals surface area contributed by atoms with Crippen molar-refractivity contribution in [2.45, 2.75) is 13.0 Å². The summed E-state index contributed by atoms with van der Waals surface area (Å²) in [5.74, 6) is 0.579. The summed E-state index contributed by atoms with van der Waals surface area (Å²) in [6.45, 7) is 8.83. The zero-order chi connectivity index (χ0) is 12.3. The maximum absolute atomic E-state index is 11.4. The Morgan fingerprint density at radius 1 is 1.18 bits per heavy atom. The van der Waals surface area contributed by atoms with E-state index in [0.717, 1.165) is 45.3 Å². The molecule has 0 aromatic heterocycles. The molecule has 5 nitrogen and oxygen atoms in total. The van der Waals surface area contributed by atoms with Crippen LogP contribution < -0.4 is 5.32 Å². The van der Waals surface area contributed by atoms with Crippen molar-refractivity contribution < 1.29 is 8.42 Å². The fourth-order valence-electron chi connectivity index (χ4n) is 2.30. The van der Waals surface area contributed by atoms with E-state index in [9.17, 15) is 8.42 Å². The molecule has 0 atom stereocenters. The first-order chi connectivity index (χ1) is 8.11. The fraction of sp³-hybridized carbons (Fsp3) is 1.00. The van der Waals surface area contributed by atoms with E-state index >= 15 is 0 Å². The van der Waals surface area contributed by atoms with E-state index < -0.39 is 9.84 Å². The molecule has 6 heteroatoms. The maximum atomic E-state index is 11.4. The minimum absolute atomic E-state index is 0.265. The quantitative estimate of drug-likeness (QED) is 0.689. The highest BCUT2D eigenvalue weighted by molar-refractivity contribution is 7.91. The molecule has 0 aromatic carbocycles. The van der Waals surface area contributed by atoms with Gasteiger partial charge in [0.1, 0.15) is 0 Å². The molecule has 2 saturated heterocycles. The van der Waals surface area contributed by atoms with Crippen molar-refractivity contribution in [2.75, 3.05) is 57.3 Å². The molecule has 0 unspecified atom stereocenters. The topological polar surface area (TPSA) is 52.7 Å². The van der Waals surface area contributed by atoms with Crippen LogP contribution in [0.1, 0.15) is 6.92 Å². The number of sulfone groups is 1. The molecule has 0 amide bonds. The number of hydrogen-bond donors (Lipinski definition) is 1. The van der Waals surface area contributed by atoms with Gasteiger partial charge < -0.3 is 5.32 Å². The third-order valence-corrected chi connectivity index (χ3v) is 5.53. The van der Waals surface area contributed by atoms with Gasteiger partial charge in [-0.25, -0.2) is 8.42 Å². The molecule has 0 aromatic rings. The molecule has 0 aliphatic carbocycles. The second kappa shape index (κ2) is 5.65. The van der Waals surface area contributed by atoms with Gasteiger partial charge in [0.15, 0.2) is 9.84 Å². The van der Waals surface area contributed by atoms with Crippen LogP contribution in [0, 0.1) is 0 Å². The molecule has 2 aliphatic rings. The van der Waals surface area contributed by atoms with Gasteiger partial charge in [0.05, 0.1) is 5.75 Å². The van der Waals surface area contributed by atoms with E-state index in [0.29, 0.717) is 12.3 Å². The average molecular weight is 261 g/mol. The highest BCUT2D eigenvalue weighted by Crippen LogP contribution is 2.09. The van der Waals surface area contributed by atoms with Crippen molar-refractivity contribution in [3.63, 3.8) is 0 Å². The van der Waals surface area contributed by atoms with Crippen LogP contribution in [0.5, 0.6) is 0 Å². The molecule has 0 saturated carbocycles. The third-order valence-electron chi connectivity index (χ3n) is 3.84. The lowest BCUT2D eigenvalue weighted by atomic mass is 10.1. The summed E-state index contributed by atoms with van der Waals surface area (Å²) in [7, 11) is -2.81. The van der Waals surface area contributed by atoms with E-state index in [2.05, 4.69) is 15.1 Å². The monoisotopic (exact) mass is 261 g/mol. The van der Waals surface area contributed by atoms with Crippen molar-refractivity contribution >= 4 is 9.84 Å². The Labute approximate surface area is 104 Å². The first kappa shape index (κ1) is 13.3. The summed E-state index contributed by atoms with van der Waals surface area (Å²) < 4.78 is 22.8. The standard InChI is InChI=1S/C11H23N3O2S/c1-2-17(15,16)8-7-13-3-5-14(6-4-13)11-9-12-10-11/h11-12H,2-10H2,1H3. The summed E-state index contributed by atoms with van der Waals surface area (Å²) in [5, 5.41) is 3.29. The summed E-state index contributed by atoms with van der Waals surface area (Å²) in [4.78, 5) is 4.79. The molecule has 0 bridgehead atoms. The number of nitrogens with one attached hydrogen (secondary N) is 1. The van der Waals surface area contributed by atoms with Crippen LogP contribution in [0.2, 0.25) is 0 Å². The SMILES string of the molecule is CCS(=O)(=O)CCN1CCN(C2CNC2)CC1. The Hall–Kier alpha value is -0.170. The van der Waals surface area contributed by atoms with Gasteiger partial charge in [0.2, 0.25) is 0 Å². The molecule has 2 rings (SSSR count). The minimum Gasteiger partial charge on any atom is -0.314 e. The Morgan fingerprint density at radius 2 is 1.82 bits per heavy atom. The van der Waals surface area contributed by atoms with Crippen molar-refractivity contribution in [3.05, 3.63) is 0 Å². The van der Waals surface area contributed by atoms with E-state index in [1.165, 1.54) is 0 Å². The Morgan fingerprint density at radius 3 is 2.29 bits per heavy atom. The average Bonchev–Trinajstić information content (AvgIpc) is 2.26. The molecule has 2 fully saturated rings. The van der Waals surface area contributed by atoms with Crippen LogP contribution in [0.3, 0.4) is 0 Å². The van der Waals surface area contributed by atoms with Gasteiger partial charge in [-0.05, 0) is 0 Å². The van der Waals surface area contributed by atoms with Gasteiger partial charge in [-0.2, -0.15) is 0 Å². The zero-order valence-corrected chi connectivity index (χ0v) is 11.4. The van der Waals surface area contributed by atoms with Crippen molar-refractivity contribution in [2.24, 2.45) is 0 Å². The smallest absolute Gasteiger partial charge is 0.151 e. The number of piperazine rings is 1. The normalized spacial score (nSPS) is 24.8. The van der Waals surface area contributed by atoms with E-state index in [1.54, 1.807) is 6.92 Å². The first-order valence-corrected chi connectivity index (χ1v) is 8.30.